The smallest absolute Gasteiger partial charge is 0.338 e. The molecule has 2 aromatic carbocycles. The Kier molecular flexibility index (Phi) is 6.39. The van der Waals surface area contributed by atoms with Crippen molar-refractivity contribution in [1.29, 1.82) is 0 Å². The third-order valence-electron chi connectivity index (χ3n) is 11.0. The quantitative estimate of drug-likeness (QED) is 0.326. The summed E-state index contributed by atoms with van der Waals surface area (Å²) in [4.78, 5) is 33.1. The van der Waals surface area contributed by atoms with Crippen LogP contribution in [-0.2, 0) is 24.4 Å². The molecule has 7 rings (SSSR count). The molecule has 234 valence electrons. The van der Waals surface area contributed by atoms with Gasteiger partial charge in [-0.3, -0.25) is 9.69 Å². The van der Waals surface area contributed by atoms with Crippen molar-refractivity contribution in [2.75, 3.05) is 60.6 Å². The molecule has 6 atom stereocenters. The molecule has 4 heterocycles. The van der Waals surface area contributed by atoms with E-state index in [9.17, 15) is 9.59 Å². The Hall–Kier alpha value is -3.96. The Balaban J connectivity index is 1.42. The zero-order valence-electron chi connectivity index (χ0n) is 26.1. The van der Waals surface area contributed by atoms with Gasteiger partial charge in [0.15, 0.2) is 17.2 Å². The second kappa shape index (κ2) is 9.77. The van der Waals surface area contributed by atoms with E-state index in [-0.39, 0.29) is 30.4 Å². The predicted octanol–water partition coefficient (Wildman–Crippen LogP) is 3.53. The van der Waals surface area contributed by atoms with Gasteiger partial charge in [0.1, 0.15) is 24.0 Å². The normalized spacial score (nSPS) is 33.2. The number of methoxy groups -OCH3 is 5. The number of benzene rings is 2. The molecular formula is C33H38N2O9. The summed E-state index contributed by atoms with van der Waals surface area (Å²) in [6, 6.07) is 9.10. The molecular weight excluding hydrogens is 568 g/mol. The third kappa shape index (κ3) is 3.13. The van der Waals surface area contributed by atoms with Gasteiger partial charge in [-0.2, -0.15) is 0 Å². The first-order valence-corrected chi connectivity index (χ1v) is 14.8. The number of hydrogen-bond donors (Lipinski definition) is 0. The van der Waals surface area contributed by atoms with Crippen molar-refractivity contribution in [2.24, 2.45) is 11.3 Å². The summed E-state index contributed by atoms with van der Waals surface area (Å²) in [5.74, 6) is 0.381. The number of ether oxygens (including phenoxy) is 7. The molecule has 1 unspecified atom stereocenters. The molecule has 3 saturated heterocycles. The number of allylic oxidation sites excluding steroid dienone is 1. The zero-order chi connectivity index (χ0) is 31.2. The van der Waals surface area contributed by atoms with Crippen LogP contribution in [0.2, 0.25) is 0 Å². The van der Waals surface area contributed by atoms with Crippen molar-refractivity contribution in [3.05, 3.63) is 53.1 Å². The van der Waals surface area contributed by atoms with E-state index in [2.05, 4.69) is 15.9 Å². The highest BCUT2D eigenvalue weighted by Gasteiger charge is 2.88. The highest BCUT2D eigenvalue weighted by Crippen LogP contribution is 2.78. The van der Waals surface area contributed by atoms with E-state index in [1.165, 1.54) is 28.4 Å². The molecule has 0 radical (unpaired) electrons. The second-order valence-electron chi connectivity index (χ2n) is 12.1. The van der Waals surface area contributed by atoms with Gasteiger partial charge in [0.05, 0.1) is 52.6 Å². The Morgan fingerprint density at radius 3 is 2.36 bits per heavy atom. The molecule has 0 N–H and O–H groups in total. The number of nitrogens with zero attached hydrogens (tertiary/aromatic N) is 2. The van der Waals surface area contributed by atoms with Crippen LogP contribution < -0.4 is 23.8 Å². The maximum atomic E-state index is 14.6. The number of carbonyl (C=O) groups excluding carboxylic acids is 2. The van der Waals surface area contributed by atoms with E-state index in [1.807, 2.05) is 32.2 Å². The minimum Gasteiger partial charge on any atom is -0.497 e. The largest absolute Gasteiger partial charge is 0.497 e. The van der Waals surface area contributed by atoms with Crippen molar-refractivity contribution in [2.45, 2.75) is 43.2 Å². The van der Waals surface area contributed by atoms with E-state index < -0.39 is 28.5 Å². The van der Waals surface area contributed by atoms with Crippen LogP contribution in [0.3, 0.4) is 0 Å². The van der Waals surface area contributed by atoms with Crippen LogP contribution in [-0.4, -0.2) is 90.6 Å². The number of carbonyl (C=O) groups is 2. The zero-order valence-corrected chi connectivity index (χ0v) is 26.1. The molecule has 5 aliphatic rings. The lowest BCUT2D eigenvalue weighted by Crippen LogP contribution is -2.80. The standard InChI is InChI=1S/C33H38N2O9/c1-8-18-16-35-26-14-21(18)31(30(37)42-7,17-43-29(36)19-11-24(39-4)28(41-6)25(12-19)40-5)32-15-27(35)44-33(26,32)34(2)23-10-9-20(38-3)13-22(23)32/h8-13,21,26-27H,14-17H2,1-7H3/b18-8-/t21-,26-,27-,31?,32-,33-/m0/s1. The summed E-state index contributed by atoms with van der Waals surface area (Å²) in [5, 5.41) is 0. The predicted molar refractivity (Wildman–Crippen MR) is 158 cm³/mol. The van der Waals surface area contributed by atoms with Crippen molar-refractivity contribution in [3.8, 4) is 23.0 Å². The lowest BCUT2D eigenvalue weighted by Gasteiger charge is -2.65. The highest BCUT2D eigenvalue weighted by atomic mass is 16.6. The van der Waals surface area contributed by atoms with E-state index >= 15 is 0 Å². The third-order valence-corrected chi connectivity index (χ3v) is 11.0. The molecule has 4 fully saturated rings. The SMILES string of the molecule is C/C=C1/CN2[C@@H]3C[C@@]45c6cc(OC)ccc6N(C)[C@]4(O3)[C@@H]2C[C@@H]1C5(COC(=O)c1cc(OC)c(OC)c(OC)c1)C(=O)OC. The van der Waals surface area contributed by atoms with Crippen LogP contribution in [0, 0.1) is 11.3 Å². The monoisotopic (exact) mass is 606 g/mol. The number of piperidine rings is 2. The molecule has 2 aromatic rings. The van der Waals surface area contributed by atoms with Crippen LogP contribution in [0.5, 0.6) is 23.0 Å². The molecule has 1 aliphatic carbocycles. The summed E-state index contributed by atoms with van der Waals surface area (Å²) in [6.45, 7) is 2.45. The molecule has 1 saturated carbocycles. The maximum Gasteiger partial charge on any atom is 0.338 e. The van der Waals surface area contributed by atoms with E-state index in [1.54, 1.807) is 19.2 Å². The lowest BCUT2D eigenvalue weighted by molar-refractivity contribution is -0.194. The molecule has 4 bridgehead atoms. The molecule has 11 heteroatoms. The minimum absolute atomic E-state index is 0.0296. The minimum atomic E-state index is -1.30. The first-order chi connectivity index (χ1) is 21.2. The summed E-state index contributed by atoms with van der Waals surface area (Å²) in [6.07, 6.45) is 3.07. The van der Waals surface area contributed by atoms with E-state index in [0.29, 0.717) is 42.4 Å². The van der Waals surface area contributed by atoms with Crippen LogP contribution in [0.1, 0.15) is 35.7 Å². The van der Waals surface area contributed by atoms with Gasteiger partial charge in [-0.1, -0.05) is 11.6 Å². The molecule has 44 heavy (non-hydrogen) atoms. The van der Waals surface area contributed by atoms with Gasteiger partial charge < -0.3 is 38.1 Å². The van der Waals surface area contributed by atoms with Gasteiger partial charge in [-0.05, 0) is 49.2 Å². The van der Waals surface area contributed by atoms with Crippen LogP contribution >= 0.6 is 0 Å². The molecule has 4 aliphatic heterocycles. The number of likely N-dealkylation sites (N-methyl/N-ethyl adjacent to an activating group) is 1. The van der Waals surface area contributed by atoms with Crippen LogP contribution in [0.25, 0.3) is 0 Å². The number of hydrogen-bond acceptors (Lipinski definition) is 11. The highest BCUT2D eigenvalue weighted by molar-refractivity contribution is 5.92. The number of rotatable bonds is 8. The summed E-state index contributed by atoms with van der Waals surface area (Å²) < 4.78 is 41.1. The number of esters is 2. The summed E-state index contributed by atoms with van der Waals surface area (Å²) in [5.41, 5.74) is 0.158. The summed E-state index contributed by atoms with van der Waals surface area (Å²) >= 11 is 0. The fraction of sp³-hybridized carbons (Fsp3) is 0.515. The number of fused-ring (bicyclic) bond motifs is 4. The van der Waals surface area contributed by atoms with Gasteiger partial charge in [-0.15, -0.1) is 0 Å². The van der Waals surface area contributed by atoms with E-state index in [4.69, 9.17) is 33.2 Å². The topological polar surface area (TPSA) is 105 Å². The Labute approximate surface area is 256 Å². The van der Waals surface area contributed by atoms with Crippen molar-refractivity contribution >= 4 is 17.6 Å². The average Bonchev–Trinajstić information content (AvgIpc) is 3.67. The Morgan fingerprint density at radius 2 is 1.75 bits per heavy atom. The van der Waals surface area contributed by atoms with Crippen molar-refractivity contribution < 1.29 is 42.7 Å². The van der Waals surface area contributed by atoms with Gasteiger partial charge >= 0.3 is 11.9 Å². The van der Waals surface area contributed by atoms with Gasteiger partial charge in [0.2, 0.25) is 5.75 Å². The molecule has 1 spiro atoms. The first kappa shape index (κ1) is 28.8. The van der Waals surface area contributed by atoms with Crippen LogP contribution in [0.4, 0.5) is 5.69 Å². The van der Waals surface area contributed by atoms with Gasteiger partial charge in [-0.25, -0.2) is 4.79 Å². The lowest BCUT2D eigenvalue weighted by atomic mass is 9.42. The average molecular weight is 607 g/mol. The molecule has 11 nitrogen and oxygen atoms in total. The Bertz CT molecular complexity index is 1570. The summed E-state index contributed by atoms with van der Waals surface area (Å²) in [7, 11) is 9.54. The maximum absolute atomic E-state index is 14.6. The Morgan fingerprint density at radius 1 is 1.02 bits per heavy atom. The van der Waals surface area contributed by atoms with Crippen molar-refractivity contribution in [3.63, 3.8) is 0 Å². The molecule has 0 amide bonds. The van der Waals surface area contributed by atoms with Crippen molar-refractivity contribution in [1.82, 2.24) is 4.90 Å². The molecule has 0 aromatic heterocycles. The van der Waals surface area contributed by atoms with E-state index in [0.717, 1.165) is 16.8 Å². The fourth-order valence-electron chi connectivity index (χ4n) is 9.37. The van der Waals surface area contributed by atoms with Crippen LogP contribution in [0.15, 0.2) is 42.0 Å². The number of anilines is 1. The second-order valence-corrected chi connectivity index (χ2v) is 12.1. The first-order valence-electron chi connectivity index (χ1n) is 14.8. The fourth-order valence-corrected chi connectivity index (χ4v) is 9.37. The van der Waals surface area contributed by atoms with Gasteiger partial charge in [0, 0.05) is 31.6 Å². The van der Waals surface area contributed by atoms with Gasteiger partial charge in [0.25, 0.3) is 0 Å².